The summed E-state index contributed by atoms with van der Waals surface area (Å²) >= 11 is 0. The van der Waals surface area contributed by atoms with Gasteiger partial charge in [-0.2, -0.15) is 13.2 Å². The van der Waals surface area contributed by atoms with Crippen LogP contribution >= 0.6 is 10.5 Å². The van der Waals surface area contributed by atoms with Gasteiger partial charge in [-0.15, -0.1) is 10.5 Å². The maximum absolute atomic E-state index is 12.3. The molecule has 0 spiro atoms. The average molecular weight is 261 g/mol. The summed E-state index contributed by atoms with van der Waals surface area (Å²) in [6.07, 6.45) is -2.41. The fourth-order valence-electron chi connectivity index (χ4n) is 1.50. The molecule has 1 aliphatic rings. The van der Waals surface area contributed by atoms with Crippen molar-refractivity contribution < 1.29 is 18.3 Å². The van der Waals surface area contributed by atoms with Gasteiger partial charge in [-0.1, -0.05) is 12.1 Å². The van der Waals surface area contributed by atoms with E-state index < -0.39 is 11.7 Å². The van der Waals surface area contributed by atoms with Crippen LogP contribution in [0.3, 0.4) is 0 Å². The lowest BCUT2D eigenvalue weighted by molar-refractivity contribution is -0.137. The third kappa shape index (κ3) is 2.28. The van der Waals surface area contributed by atoms with Crippen LogP contribution < -0.4 is 0 Å². The predicted molar refractivity (Wildman–Crippen MR) is 63.6 cm³/mol. The van der Waals surface area contributed by atoms with Gasteiger partial charge >= 0.3 is 6.18 Å². The van der Waals surface area contributed by atoms with Crippen LogP contribution in [0.5, 0.6) is 0 Å². The fourth-order valence-corrected chi connectivity index (χ4v) is 2.75. The summed E-state index contributed by atoms with van der Waals surface area (Å²) in [6, 6.07) is 4.93. The van der Waals surface area contributed by atoms with E-state index in [9.17, 15) is 13.2 Å². The molecule has 0 amide bonds. The summed E-state index contributed by atoms with van der Waals surface area (Å²) in [5.41, 5.74) is 0.0181. The number of aliphatic imine (C=N–C) groups is 1. The fraction of sp³-hybridized carbons (Fsp3) is 0.273. The zero-order chi connectivity index (χ0) is 12.6. The quantitative estimate of drug-likeness (QED) is 0.815. The Bertz CT molecular complexity index is 502. The Labute approximate surface area is 98.7 Å². The number of hydrogen-bond donors (Lipinski definition) is 1. The van der Waals surface area contributed by atoms with Crippen LogP contribution in [0.2, 0.25) is 0 Å². The summed E-state index contributed by atoms with van der Waals surface area (Å²) in [5, 5.41) is 9.58. The van der Waals surface area contributed by atoms with Crippen molar-refractivity contribution in [2.24, 2.45) is 4.99 Å². The summed E-state index contributed by atoms with van der Waals surface area (Å²) in [4.78, 5) is 4.85. The zero-order valence-corrected chi connectivity index (χ0v) is 9.77. The van der Waals surface area contributed by atoms with Gasteiger partial charge in [0.05, 0.1) is 17.2 Å². The lowest BCUT2D eigenvalue weighted by atomic mass is 10.1. The first kappa shape index (κ1) is 12.3. The number of nitrogens with zero attached hydrogens (tertiary/aromatic N) is 1. The first-order valence-corrected chi connectivity index (χ1v) is 6.45. The van der Waals surface area contributed by atoms with Gasteiger partial charge in [-0.25, -0.2) is 4.99 Å². The summed E-state index contributed by atoms with van der Waals surface area (Å²) in [6.45, 7) is -0.0935. The number of aliphatic hydroxyl groups is 1. The van der Waals surface area contributed by atoms with Crippen LogP contribution in [0.25, 0.3) is 0 Å². The van der Waals surface area contributed by atoms with Crippen molar-refractivity contribution >= 4 is 20.5 Å². The SMILES string of the molecule is CS1=C(c2ccc(C(F)(F)F)cc2)N=C1CO. The minimum absolute atomic E-state index is 0.0935. The molecule has 0 bridgehead atoms. The highest BCUT2D eigenvalue weighted by atomic mass is 32.2. The van der Waals surface area contributed by atoms with E-state index in [0.29, 0.717) is 10.6 Å². The Morgan fingerprint density at radius 3 is 2.24 bits per heavy atom. The van der Waals surface area contributed by atoms with Crippen LogP contribution in [0.4, 0.5) is 13.2 Å². The second-order valence-electron chi connectivity index (χ2n) is 3.55. The summed E-state index contributed by atoms with van der Waals surface area (Å²) < 4.78 is 37.0. The lowest BCUT2D eigenvalue weighted by Gasteiger charge is -2.20. The Hall–Kier alpha value is -1.14. The monoisotopic (exact) mass is 261 g/mol. The van der Waals surface area contributed by atoms with Crippen molar-refractivity contribution in [3.8, 4) is 0 Å². The van der Waals surface area contributed by atoms with Gasteiger partial charge in [0.15, 0.2) is 0 Å². The van der Waals surface area contributed by atoms with Gasteiger partial charge < -0.3 is 5.11 Å². The minimum atomic E-state index is -4.31. The first-order chi connectivity index (χ1) is 7.93. The molecule has 1 aliphatic heterocycles. The van der Waals surface area contributed by atoms with Crippen LogP contribution in [-0.4, -0.2) is 28.0 Å². The van der Waals surface area contributed by atoms with Crippen molar-refractivity contribution in [1.29, 1.82) is 0 Å². The maximum Gasteiger partial charge on any atom is 0.416 e. The first-order valence-electron chi connectivity index (χ1n) is 4.82. The molecule has 1 heterocycles. The van der Waals surface area contributed by atoms with Gasteiger partial charge in [-0.3, -0.25) is 0 Å². The topological polar surface area (TPSA) is 32.6 Å². The number of rotatable bonds is 2. The third-order valence-electron chi connectivity index (χ3n) is 2.46. The molecule has 92 valence electrons. The number of alkyl halides is 3. The van der Waals surface area contributed by atoms with E-state index in [1.807, 2.05) is 6.26 Å². The Morgan fingerprint density at radius 2 is 1.82 bits per heavy atom. The molecule has 0 radical (unpaired) electrons. The van der Waals surface area contributed by atoms with E-state index in [2.05, 4.69) is 4.99 Å². The van der Waals surface area contributed by atoms with E-state index in [0.717, 1.165) is 17.1 Å². The molecule has 0 aliphatic carbocycles. The number of aliphatic hydroxyl groups excluding tert-OH is 1. The predicted octanol–water partition coefficient (Wildman–Crippen LogP) is 2.49. The molecule has 1 aromatic rings. The third-order valence-corrected chi connectivity index (χ3v) is 4.30. The zero-order valence-electron chi connectivity index (χ0n) is 8.95. The van der Waals surface area contributed by atoms with Crippen molar-refractivity contribution in [2.75, 3.05) is 12.9 Å². The van der Waals surface area contributed by atoms with Gasteiger partial charge in [0, 0.05) is 5.56 Å². The molecule has 1 unspecified atom stereocenters. The number of hydrogen-bond acceptors (Lipinski definition) is 2. The minimum Gasteiger partial charge on any atom is -0.390 e. The molecule has 1 atom stereocenters. The summed E-state index contributed by atoms with van der Waals surface area (Å²) in [5.74, 6) is 0. The van der Waals surface area contributed by atoms with E-state index >= 15 is 0 Å². The Morgan fingerprint density at radius 1 is 1.24 bits per heavy atom. The highest BCUT2D eigenvalue weighted by Crippen LogP contribution is 2.31. The molecule has 6 heteroatoms. The normalized spacial score (nSPS) is 19.9. The molecule has 1 aromatic carbocycles. The maximum atomic E-state index is 12.3. The highest BCUT2D eigenvalue weighted by molar-refractivity contribution is 8.30. The molecule has 17 heavy (non-hydrogen) atoms. The second kappa shape index (κ2) is 4.27. The molecular formula is C11H10F3NOS. The molecule has 0 aromatic heterocycles. The van der Waals surface area contributed by atoms with Crippen molar-refractivity contribution in [3.63, 3.8) is 0 Å². The van der Waals surface area contributed by atoms with E-state index in [-0.39, 0.29) is 17.1 Å². The van der Waals surface area contributed by atoms with Crippen LogP contribution in [0.1, 0.15) is 11.1 Å². The average Bonchev–Trinajstić information content (AvgIpc) is 2.27. The van der Waals surface area contributed by atoms with Crippen LogP contribution in [0, 0.1) is 0 Å². The van der Waals surface area contributed by atoms with E-state index in [1.54, 1.807) is 0 Å². The molecule has 0 fully saturated rings. The van der Waals surface area contributed by atoms with Crippen molar-refractivity contribution in [2.45, 2.75) is 6.18 Å². The highest BCUT2D eigenvalue weighted by Gasteiger charge is 2.30. The van der Waals surface area contributed by atoms with Gasteiger partial charge in [-0.05, 0) is 18.4 Å². The molecule has 2 nitrogen and oxygen atoms in total. The second-order valence-corrected chi connectivity index (χ2v) is 5.43. The van der Waals surface area contributed by atoms with E-state index in [4.69, 9.17) is 5.11 Å². The molecule has 2 rings (SSSR count). The molecular weight excluding hydrogens is 251 g/mol. The Balaban J connectivity index is 2.24. The van der Waals surface area contributed by atoms with Gasteiger partial charge in [0.25, 0.3) is 0 Å². The van der Waals surface area contributed by atoms with Gasteiger partial charge in [0.1, 0.15) is 4.99 Å². The molecule has 0 saturated heterocycles. The van der Waals surface area contributed by atoms with Crippen LogP contribution in [0.15, 0.2) is 29.3 Å². The summed E-state index contributed by atoms with van der Waals surface area (Å²) in [7, 11) is -0.261. The smallest absolute Gasteiger partial charge is 0.390 e. The lowest BCUT2D eigenvalue weighted by Crippen LogP contribution is -2.18. The largest absolute Gasteiger partial charge is 0.416 e. The van der Waals surface area contributed by atoms with Crippen molar-refractivity contribution in [1.82, 2.24) is 0 Å². The van der Waals surface area contributed by atoms with E-state index in [1.165, 1.54) is 12.1 Å². The number of halogens is 3. The molecule has 0 saturated carbocycles. The van der Waals surface area contributed by atoms with Crippen LogP contribution in [-0.2, 0) is 6.18 Å². The number of benzene rings is 1. The standard InChI is InChI=1S/C11H10F3NOS/c1-17-9(6-16)15-10(17)7-2-4-8(5-3-7)11(12,13)14/h2-5,16H,6H2,1H3. The molecule has 1 N–H and O–H groups in total. The van der Waals surface area contributed by atoms with Crippen molar-refractivity contribution in [3.05, 3.63) is 35.4 Å². The Kier molecular flexibility index (Phi) is 3.09. The van der Waals surface area contributed by atoms with Gasteiger partial charge in [0.2, 0.25) is 0 Å².